The Kier molecular flexibility index (Phi) is 5.12. The molecular weight excluding hydrogens is 295 g/mol. The van der Waals surface area contributed by atoms with E-state index in [9.17, 15) is 13.2 Å². The fourth-order valence-electron chi connectivity index (χ4n) is 1.58. The van der Waals surface area contributed by atoms with Crippen LogP contribution in [0.5, 0.6) is 5.75 Å². The van der Waals surface area contributed by atoms with Crippen molar-refractivity contribution in [2.24, 2.45) is 0 Å². The van der Waals surface area contributed by atoms with Crippen molar-refractivity contribution >= 4 is 11.6 Å². The topological polar surface area (TPSA) is 30.5 Å². The van der Waals surface area contributed by atoms with Gasteiger partial charge in [-0.25, -0.2) is 0 Å². The first-order valence-electron chi connectivity index (χ1n) is 6.23. The summed E-state index contributed by atoms with van der Waals surface area (Å²) in [7, 11) is 0. The van der Waals surface area contributed by atoms with Crippen molar-refractivity contribution in [3.8, 4) is 5.75 Å². The summed E-state index contributed by atoms with van der Waals surface area (Å²) in [5.74, 6) is 0.309. The number of benzene rings is 1. The molecule has 0 saturated heterocycles. The summed E-state index contributed by atoms with van der Waals surface area (Å²) in [4.78, 5) is 0. The third-order valence-corrected chi connectivity index (χ3v) is 3.03. The number of ether oxygens (including phenoxy) is 2. The van der Waals surface area contributed by atoms with Crippen LogP contribution in [0.15, 0.2) is 18.2 Å². The summed E-state index contributed by atoms with van der Waals surface area (Å²) >= 11 is 6.00. The van der Waals surface area contributed by atoms with E-state index in [1.165, 1.54) is 12.8 Å². The Morgan fingerprint density at radius 3 is 2.65 bits per heavy atom. The second-order valence-corrected chi connectivity index (χ2v) is 5.05. The standard InChI is InChI=1S/C13H15ClF3NO2/c14-11-5-9(6-18-10-2-3-10)1-4-12(11)20-8-19-7-13(15,16)17/h1,4-5,10,18H,2-3,6-8H2. The van der Waals surface area contributed by atoms with E-state index >= 15 is 0 Å². The molecule has 0 amide bonds. The molecule has 0 aromatic heterocycles. The van der Waals surface area contributed by atoms with Crippen molar-refractivity contribution in [1.82, 2.24) is 5.32 Å². The molecule has 0 spiro atoms. The van der Waals surface area contributed by atoms with Crippen molar-refractivity contribution < 1.29 is 22.6 Å². The largest absolute Gasteiger partial charge is 0.466 e. The first kappa shape index (κ1) is 15.4. The second kappa shape index (κ2) is 6.65. The molecule has 1 N–H and O–H groups in total. The highest BCUT2D eigenvalue weighted by Crippen LogP contribution is 2.26. The van der Waals surface area contributed by atoms with Gasteiger partial charge in [-0.2, -0.15) is 13.2 Å². The van der Waals surface area contributed by atoms with Gasteiger partial charge in [-0.1, -0.05) is 17.7 Å². The molecule has 1 saturated carbocycles. The average Bonchev–Trinajstić information content (AvgIpc) is 3.17. The van der Waals surface area contributed by atoms with Gasteiger partial charge in [0.15, 0.2) is 6.79 Å². The number of rotatable bonds is 7. The number of alkyl halides is 3. The molecule has 2 rings (SSSR count). The van der Waals surface area contributed by atoms with Gasteiger partial charge in [0.2, 0.25) is 0 Å². The quantitative estimate of drug-likeness (QED) is 0.617. The lowest BCUT2D eigenvalue weighted by Gasteiger charge is -2.11. The zero-order chi connectivity index (χ0) is 14.6. The van der Waals surface area contributed by atoms with Crippen LogP contribution in [0.2, 0.25) is 5.02 Å². The summed E-state index contributed by atoms with van der Waals surface area (Å²) in [5, 5.41) is 3.70. The Morgan fingerprint density at radius 1 is 1.30 bits per heavy atom. The average molecular weight is 310 g/mol. The van der Waals surface area contributed by atoms with Crippen LogP contribution in [-0.2, 0) is 11.3 Å². The maximum Gasteiger partial charge on any atom is 0.411 e. The van der Waals surface area contributed by atoms with Crippen molar-refractivity contribution in [3.63, 3.8) is 0 Å². The molecule has 0 bridgehead atoms. The number of hydrogen-bond donors (Lipinski definition) is 1. The Labute approximate surface area is 120 Å². The number of halogens is 4. The zero-order valence-electron chi connectivity index (χ0n) is 10.7. The highest BCUT2D eigenvalue weighted by molar-refractivity contribution is 6.32. The molecule has 3 nitrogen and oxygen atoms in total. The monoisotopic (exact) mass is 309 g/mol. The minimum Gasteiger partial charge on any atom is -0.466 e. The van der Waals surface area contributed by atoms with Crippen molar-refractivity contribution in [1.29, 1.82) is 0 Å². The van der Waals surface area contributed by atoms with Crippen LogP contribution in [0.25, 0.3) is 0 Å². The van der Waals surface area contributed by atoms with E-state index in [1.54, 1.807) is 12.1 Å². The maximum absolute atomic E-state index is 11.9. The Hall–Kier alpha value is -0.980. The maximum atomic E-state index is 11.9. The van der Waals surface area contributed by atoms with Crippen LogP contribution in [0.3, 0.4) is 0 Å². The highest BCUT2D eigenvalue weighted by atomic mass is 35.5. The lowest BCUT2D eigenvalue weighted by atomic mass is 10.2. The zero-order valence-corrected chi connectivity index (χ0v) is 11.4. The molecule has 7 heteroatoms. The fraction of sp³-hybridized carbons (Fsp3) is 0.538. The number of hydrogen-bond acceptors (Lipinski definition) is 3. The predicted octanol–water partition coefficient (Wildman–Crippen LogP) is 3.51. The van der Waals surface area contributed by atoms with Crippen LogP contribution in [0, 0.1) is 0 Å². The Bertz CT molecular complexity index is 450. The van der Waals surface area contributed by atoms with Gasteiger partial charge in [-0.3, -0.25) is 0 Å². The van der Waals surface area contributed by atoms with Gasteiger partial charge in [-0.05, 0) is 30.5 Å². The van der Waals surface area contributed by atoms with E-state index in [0.29, 0.717) is 16.8 Å². The van der Waals surface area contributed by atoms with Crippen LogP contribution < -0.4 is 10.1 Å². The third-order valence-electron chi connectivity index (χ3n) is 2.73. The Balaban J connectivity index is 1.76. The van der Waals surface area contributed by atoms with Gasteiger partial charge in [0.05, 0.1) is 5.02 Å². The van der Waals surface area contributed by atoms with E-state index in [4.69, 9.17) is 16.3 Å². The first-order valence-corrected chi connectivity index (χ1v) is 6.61. The van der Waals surface area contributed by atoms with Crippen LogP contribution in [-0.4, -0.2) is 25.6 Å². The SMILES string of the molecule is FC(F)(F)COCOc1ccc(CNC2CC2)cc1Cl. The van der Waals surface area contributed by atoms with Crippen molar-refractivity contribution in [2.45, 2.75) is 31.6 Å². The van der Waals surface area contributed by atoms with Crippen LogP contribution >= 0.6 is 11.6 Å². The second-order valence-electron chi connectivity index (χ2n) is 4.65. The summed E-state index contributed by atoms with van der Waals surface area (Å²) < 4.78 is 45.0. The van der Waals surface area contributed by atoms with Gasteiger partial charge >= 0.3 is 6.18 Å². The molecular formula is C13H15ClF3NO2. The lowest BCUT2D eigenvalue weighted by molar-refractivity contribution is -0.186. The van der Waals surface area contributed by atoms with E-state index in [2.05, 4.69) is 10.1 Å². The fourth-order valence-corrected chi connectivity index (χ4v) is 1.84. The summed E-state index contributed by atoms with van der Waals surface area (Å²) in [6, 6.07) is 5.78. The van der Waals surface area contributed by atoms with Crippen LogP contribution in [0.1, 0.15) is 18.4 Å². The molecule has 1 aromatic rings. The van der Waals surface area contributed by atoms with Gasteiger partial charge in [0, 0.05) is 12.6 Å². The van der Waals surface area contributed by atoms with Crippen LogP contribution in [0.4, 0.5) is 13.2 Å². The van der Waals surface area contributed by atoms with E-state index in [0.717, 1.165) is 12.1 Å². The summed E-state index contributed by atoms with van der Waals surface area (Å²) in [6.07, 6.45) is -1.96. The van der Waals surface area contributed by atoms with Gasteiger partial charge < -0.3 is 14.8 Å². The predicted molar refractivity (Wildman–Crippen MR) is 68.8 cm³/mol. The van der Waals surface area contributed by atoms with Gasteiger partial charge in [0.1, 0.15) is 12.4 Å². The molecule has 0 radical (unpaired) electrons. The Morgan fingerprint density at radius 2 is 2.05 bits per heavy atom. The first-order chi connectivity index (χ1) is 9.44. The third kappa shape index (κ3) is 5.56. The number of nitrogens with one attached hydrogen (secondary N) is 1. The summed E-state index contributed by atoms with van der Waals surface area (Å²) in [5.41, 5.74) is 1.01. The van der Waals surface area contributed by atoms with Crippen molar-refractivity contribution in [2.75, 3.05) is 13.4 Å². The molecule has 0 aliphatic heterocycles. The molecule has 0 heterocycles. The minimum atomic E-state index is -4.36. The lowest BCUT2D eigenvalue weighted by Crippen LogP contribution is -2.19. The molecule has 1 fully saturated rings. The normalized spacial score (nSPS) is 15.4. The van der Waals surface area contributed by atoms with Crippen molar-refractivity contribution in [3.05, 3.63) is 28.8 Å². The summed E-state index contributed by atoms with van der Waals surface area (Å²) in [6.45, 7) is -1.11. The molecule has 112 valence electrons. The molecule has 20 heavy (non-hydrogen) atoms. The van der Waals surface area contributed by atoms with Gasteiger partial charge in [-0.15, -0.1) is 0 Å². The highest BCUT2D eigenvalue weighted by Gasteiger charge is 2.27. The molecule has 1 aromatic carbocycles. The molecule has 1 aliphatic rings. The molecule has 0 unspecified atom stereocenters. The van der Waals surface area contributed by atoms with E-state index < -0.39 is 19.6 Å². The minimum absolute atomic E-state index is 0.309. The molecule has 0 atom stereocenters. The van der Waals surface area contributed by atoms with Gasteiger partial charge in [0.25, 0.3) is 0 Å². The smallest absolute Gasteiger partial charge is 0.411 e. The molecule has 1 aliphatic carbocycles. The van der Waals surface area contributed by atoms with E-state index in [1.807, 2.05) is 6.07 Å². The van der Waals surface area contributed by atoms with E-state index in [-0.39, 0.29) is 0 Å².